The van der Waals surface area contributed by atoms with Crippen LogP contribution >= 0.6 is 0 Å². The van der Waals surface area contributed by atoms with Crippen molar-refractivity contribution in [2.45, 2.75) is 19.5 Å². The lowest BCUT2D eigenvalue weighted by molar-refractivity contribution is 0.0697. The Labute approximate surface area is 244 Å². The largest absolute Gasteiger partial charge is 0.497 e. The van der Waals surface area contributed by atoms with Crippen molar-refractivity contribution < 1.29 is 24.2 Å². The molecule has 0 radical (unpaired) electrons. The number of hydrogen-bond donors (Lipinski definition) is 4. The first kappa shape index (κ1) is 28.2. The summed E-state index contributed by atoms with van der Waals surface area (Å²) in [5.41, 5.74) is 12.0. The van der Waals surface area contributed by atoms with Crippen LogP contribution in [0.5, 0.6) is 11.5 Å². The fourth-order valence-corrected chi connectivity index (χ4v) is 5.20. The molecule has 4 aromatic carbocycles. The van der Waals surface area contributed by atoms with Crippen LogP contribution in [0.15, 0.2) is 78.9 Å². The normalized spacial score (nSPS) is 12.0. The molecule has 1 aliphatic heterocycles. The number of hydrogen-bond acceptors (Lipinski definition) is 6. The molecule has 4 aromatic rings. The standard InChI is InChI=1S/C33H32N4O5/c1-41-25-8-3-20(4-9-25)18-36-32(38)23-5-6-24(19-37-14-13-21-15-22(31(34)35)7-12-30(21)37)28(16-23)27-11-10-26(42-2)17-29(27)33(39)40/h3-12,15-17H,13-14,18-19H2,1-2H3,(H3,34,35)(H,36,38)(H,39,40). The third-order valence-electron chi connectivity index (χ3n) is 7.47. The Kier molecular flexibility index (Phi) is 8.10. The van der Waals surface area contributed by atoms with Crippen molar-refractivity contribution in [1.29, 1.82) is 5.41 Å². The van der Waals surface area contributed by atoms with Gasteiger partial charge in [0.15, 0.2) is 0 Å². The lowest BCUT2D eigenvalue weighted by atomic mass is 9.92. The first-order chi connectivity index (χ1) is 20.3. The van der Waals surface area contributed by atoms with Crippen LogP contribution in [0, 0.1) is 5.41 Å². The Morgan fingerprint density at radius 1 is 0.905 bits per heavy atom. The van der Waals surface area contributed by atoms with Gasteiger partial charge in [0.05, 0.1) is 19.8 Å². The molecule has 0 saturated carbocycles. The number of amides is 1. The molecule has 9 heteroatoms. The maximum Gasteiger partial charge on any atom is 0.336 e. The molecule has 9 nitrogen and oxygen atoms in total. The molecule has 5 rings (SSSR count). The molecule has 0 fully saturated rings. The third kappa shape index (κ3) is 5.90. The van der Waals surface area contributed by atoms with Crippen molar-refractivity contribution >= 4 is 23.4 Å². The predicted octanol–water partition coefficient (Wildman–Crippen LogP) is 4.85. The summed E-state index contributed by atoms with van der Waals surface area (Å²) in [5, 5.41) is 20.8. The molecule has 1 heterocycles. The van der Waals surface area contributed by atoms with Crippen LogP contribution in [0.25, 0.3) is 11.1 Å². The summed E-state index contributed by atoms with van der Waals surface area (Å²) < 4.78 is 10.5. The minimum atomic E-state index is -1.09. The number of amidine groups is 1. The van der Waals surface area contributed by atoms with E-state index in [1.807, 2.05) is 48.5 Å². The van der Waals surface area contributed by atoms with Crippen LogP contribution in [0.3, 0.4) is 0 Å². The average molecular weight is 565 g/mol. The number of carbonyl (C=O) groups is 2. The Morgan fingerprint density at radius 2 is 1.62 bits per heavy atom. The molecule has 1 amide bonds. The molecule has 0 unspecified atom stereocenters. The molecule has 0 aliphatic carbocycles. The second-order valence-corrected chi connectivity index (χ2v) is 10.0. The quantitative estimate of drug-likeness (QED) is 0.160. The average Bonchev–Trinajstić information content (AvgIpc) is 3.41. The third-order valence-corrected chi connectivity index (χ3v) is 7.47. The van der Waals surface area contributed by atoms with Crippen LogP contribution in [-0.2, 0) is 19.5 Å². The fourth-order valence-electron chi connectivity index (χ4n) is 5.20. The maximum atomic E-state index is 13.2. The molecular weight excluding hydrogens is 532 g/mol. The molecule has 0 atom stereocenters. The van der Waals surface area contributed by atoms with Crippen LogP contribution in [0.4, 0.5) is 5.69 Å². The molecule has 1 aliphatic rings. The van der Waals surface area contributed by atoms with Crippen molar-refractivity contribution in [2.75, 3.05) is 25.7 Å². The lowest BCUT2D eigenvalue weighted by Gasteiger charge is -2.23. The molecule has 0 bridgehead atoms. The molecule has 214 valence electrons. The van der Waals surface area contributed by atoms with Gasteiger partial charge < -0.3 is 30.5 Å². The molecule has 0 aromatic heterocycles. The highest BCUT2D eigenvalue weighted by Gasteiger charge is 2.23. The van der Waals surface area contributed by atoms with Gasteiger partial charge in [-0.1, -0.05) is 18.2 Å². The maximum absolute atomic E-state index is 13.2. The minimum absolute atomic E-state index is 0.0279. The monoisotopic (exact) mass is 564 g/mol. The second kappa shape index (κ2) is 12.1. The Balaban J connectivity index is 1.49. The Morgan fingerprint density at radius 3 is 2.31 bits per heavy atom. The van der Waals surface area contributed by atoms with E-state index in [-0.39, 0.29) is 17.3 Å². The number of benzene rings is 4. The zero-order valence-corrected chi connectivity index (χ0v) is 23.4. The van der Waals surface area contributed by atoms with Crippen LogP contribution < -0.4 is 25.4 Å². The van der Waals surface area contributed by atoms with E-state index in [9.17, 15) is 14.7 Å². The second-order valence-electron chi connectivity index (χ2n) is 10.0. The number of nitrogens with two attached hydrogens (primary N) is 1. The summed E-state index contributed by atoms with van der Waals surface area (Å²) in [6.45, 7) is 1.59. The van der Waals surface area contributed by atoms with Crippen molar-refractivity contribution in [2.24, 2.45) is 5.73 Å². The van der Waals surface area contributed by atoms with Crippen molar-refractivity contribution in [1.82, 2.24) is 5.32 Å². The number of methoxy groups -OCH3 is 2. The van der Waals surface area contributed by atoms with Gasteiger partial charge in [-0.15, -0.1) is 0 Å². The van der Waals surface area contributed by atoms with Gasteiger partial charge in [0.2, 0.25) is 0 Å². The highest BCUT2D eigenvalue weighted by atomic mass is 16.5. The fraction of sp³-hybridized carbons (Fsp3) is 0.182. The number of anilines is 1. The van der Waals surface area contributed by atoms with Crippen molar-refractivity contribution in [3.8, 4) is 22.6 Å². The van der Waals surface area contributed by atoms with Gasteiger partial charge in [-0.3, -0.25) is 10.2 Å². The van der Waals surface area contributed by atoms with Gasteiger partial charge in [-0.2, -0.15) is 0 Å². The lowest BCUT2D eigenvalue weighted by Crippen LogP contribution is -2.23. The van der Waals surface area contributed by atoms with Gasteiger partial charge in [0.1, 0.15) is 17.3 Å². The summed E-state index contributed by atoms with van der Waals surface area (Å²) in [6, 6.07) is 23.5. The number of rotatable bonds is 10. The van der Waals surface area contributed by atoms with Crippen molar-refractivity contribution in [3.05, 3.63) is 112 Å². The van der Waals surface area contributed by atoms with E-state index in [0.717, 1.165) is 41.1 Å². The number of ether oxygens (including phenoxy) is 2. The zero-order valence-electron chi connectivity index (χ0n) is 23.4. The number of aromatic carboxylic acids is 1. The van der Waals surface area contributed by atoms with Gasteiger partial charge in [0.25, 0.3) is 5.91 Å². The van der Waals surface area contributed by atoms with Crippen LogP contribution in [0.2, 0.25) is 0 Å². The van der Waals surface area contributed by atoms with E-state index in [4.69, 9.17) is 20.6 Å². The molecule has 5 N–H and O–H groups in total. The summed E-state index contributed by atoms with van der Waals surface area (Å²) in [4.78, 5) is 27.8. The van der Waals surface area contributed by atoms with E-state index in [1.54, 1.807) is 31.4 Å². The highest BCUT2D eigenvalue weighted by Crippen LogP contribution is 2.35. The van der Waals surface area contributed by atoms with Crippen LogP contribution in [-0.4, -0.2) is 43.6 Å². The molecule has 0 spiro atoms. The first-order valence-electron chi connectivity index (χ1n) is 13.5. The van der Waals surface area contributed by atoms with Gasteiger partial charge in [-0.05, 0) is 94.9 Å². The summed E-state index contributed by atoms with van der Waals surface area (Å²) in [7, 11) is 3.09. The smallest absolute Gasteiger partial charge is 0.336 e. The van der Waals surface area contributed by atoms with Gasteiger partial charge in [0, 0.05) is 36.4 Å². The number of nitrogens with zero attached hydrogens (tertiary/aromatic N) is 1. The number of carboxylic acid groups (broad SMARTS) is 1. The predicted molar refractivity (Wildman–Crippen MR) is 162 cm³/mol. The van der Waals surface area contributed by atoms with E-state index in [0.29, 0.717) is 41.1 Å². The topological polar surface area (TPSA) is 138 Å². The Hall–Kier alpha value is -5.31. The number of fused-ring (bicyclic) bond motifs is 1. The van der Waals surface area contributed by atoms with Gasteiger partial charge >= 0.3 is 5.97 Å². The van der Waals surface area contributed by atoms with E-state index >= 15 is 0 Å². The van der Waals surface area contributed by atoms with E-state index in [2.05, 4.69) is 10.2 Å². The highest BCUT2D eigenvalue weighted by molar-refractivity contribution is 6.00. The number of carbonyl (C=O) groups excluding carboxylic acids is 1. The number of nitrogen functional groups attached to an aromatic ring is 1. The van der Waals surface area contributed by atoms with Crippen LogP contribution in [0.1, 0.15) is 43.0 Å². The number of carboxylic acids is 1. The SMILES string of the molecule is COc1ccc(CNC(=O)c2ccc(CN3CCc4cc(C(=N)N)ccc43)c(-c3ccc(OC)cc3C(=O)O)c2)cc1. The molecule has 42 heavy (non-hydrogen) atoms. The van der Waals surface area contributed by atoms with Gasteiger partial charge in [-0.25, -0.2) is 4.79 Å². The van der Waals surface area contributed by atoms with E-state index in [1.165, 1.54) is 13.2 Å². The Bertz CT molecular complexity index is 1670. The molecule has 0 saturated heterocycles. The minimum Gasteiger partial charge on any atom is -0.497 e. The summed E-state index contributed by atoms with van der Waals surface area (Å²) in [5.74, 6) is -0.167. The molecular formula is C33H32N4O5. The summed E-state index contributed by atoms with van der Waals surface area (Å²) in [6.07, 6.45) is 0.806. The van der Waals surface area contributed by atoms with Crippen molar-refractivity contribution in [3.63, 3.8) is 0 Å². The van der Waals surface area contributed by atoms with E-state index < -0.39 is 5.97 Å². The number of nitrogens with one attached hydrogen (secondary N) is 2. The summed E-state index contributed by atoms with van der Waals surface area (Å²) >= 11 is 0. The first-order valence-corrected chi connectivity index (χ1v) is 13.5. The zero-order chi connectivity index (χ0) is 29.8.